The van der Waals surface area contributed by atoms with Crippen molar-refractivity contribution in [2.24, 2.45) is 0 Å². The second-order valence-electron chi connectivity index (χ2n) is 4.97. The maximum atomic E-state index is 9.45. The second-order valence-corrected chi connectivity index (χ2v) is 4.97. The molecule has 0 spiro atoms. The molecule has 1 aromatic heterocycles. The molecular weight excluding hydrogens is 228 g/mol. The molecule has 0 aromatic carbocycles. The first-order chi connectivity index (χ1) is 8.72. The quantitative estimate of drug-likeness (QED) is 0.809. The highest BCUT2D eigenvalue weighted by Gasteiger charge is 2.25. The molecule has 2 rings (SSSR count). The van der Waals surface area contributed by atoms with E-state index in [1.54, 1.807) is 6.92 Å². The molecule has 1 saturated carbocycles. The van der Waals surface area contributed by atoms with Gasteiger partial charge in [0.05, 0.1) is 23.7 Å². The Morgan fingerprint density at radius 2 is 2.22 bits per heavy atom. The molecule has 18 heavy (non-hydrogen) atoms. The van der Waals surface area contributed by atoms with Crippen LogP contribution >= 0.6 is 0 Å². The van der Waals surface area contributed by atoms with Gasteiger partial charge in [0.2, 0.25) is 0 Å². The summed E-state index contributed by atoms with van der Waals surface area (Å²) in [5, 5.41) is 18.4. The predicted octanol–water partition coefficient (Wildman–Crippen LogP) is 1.88. The molecule has 1 aromatic rings. The summed E-state index contributed by atoms with van der Waals surface area (Å²) in [5.41, 5.74) is 1.80. The van der Waals surface area contributed by atoms with Crippen molar-refractivity contribution in [2.75, 3.05) is 18.1 Å². The Labute approximate surface area is 108 Å². The van der Waals surface area contributed by atoms with Gasteiger partial charge in [-0.2, -0.15) is 0 Å². The molecule has 4 heteroatoms. The van der Waals surface area contributed by atoms with Crippen molar-refractivity contribution < 1.29 is 10.2 Å². The van der Waals surface area contributed by atoms with Crippen LogP contribution in [0.3, 0.4) is 0 Å². The third kappa shape index (κ3) is 3.00. The van der Waals surface area contributed by atoms with Crippen LogP contribution in [0.4, 0.5) is 5.69 Å². The van der Waals surface area contributed by atoms with Gasteiger partial charge in [-0.25, -0.2) is 0 Å². The number of anilines is 1. The van der Waals surface area contributed by atoms with Gasteiger partial charge in [0, 0.05) is 19.2 Å². The second kappa shape index (κ2) is 6.16. The Balaban J connectivity index is 2.08. The molecule has 0 unspecified atom stereocenters. The molecular formula is C14H22N2O2. The molecule has 1 heterocycles. The van der Waals surface area contributed by atoms with E-state index in [9.17, 15) is 5.11 Å². The Hall–Kier alpha value is -1.13. The predicted molar refractivity (Wildman–Crippen MR) is 71.6 cm³/mol. The van der Waals surface area contributed by atoms with Crippen LogP contribution in [-0.2, 0) is 0 Å². The van der Waals surface area contributed by atoms with Crippen LogP contribution in [0, 0.1) is 0 Å². The number of rotatable bonds is 6. The molecule has 1 atom stereocenters. The molecule has 0 aliphatic heterocycles. The first-order valence-corrected chi connectivity index (χ1v) is 6.74. The number of aromatic nitrogens is 1. The summed E-state index contributed by atoms with van der Waals surface area (Å²) < 4.78 is 0. The van der Waals surface area contributed by atoms with Gasteiger partial charge in [-0.05, 0) is 44.7 Å². The van der Waals surface area contributed by atoms with E-state index < -0.39 is 6.10 Å². The van der Waals surface area contributed by atoms with E-state index in [1.165, 1.54) is 19.3 Å². The minimum Gasteiger partial charge on any atom is -0.396 e. The number of pyridine rings is 1. The van der Waals surface area contributed by atoms with E-state index in [-0.39, 0.29) is 6.61 Å². The van der Waals surface area contributed by atoms with Gasteiger partial charge in [0.15, 0.2) is 0 Å². The van der Waals surface area contributed by atoms with Gasteiger partial charge in [-0.3, -0.25) is 4.98 Å². The van der Waals surface area contributed by atoms with Crippen molar-refractivity contribution in [3.8, 4) is 0 Å². The fourth-order valence-electron chi connectivity index (χ4n) is 2.28. The summed E-state index contributed by atoms with van der Waals surface area (Å²) in [5.74, 6) is 0. The van der Waals surface area contributed by atoms with E-state index in [2.05, 4.69) is 9.88 Å². The number of hydrogen-bond donors (Lipinski definition) is 2. The van der Waals surface area contributed by atoms with Gasteiger partial charge in [0.1, 0.15) is 0 Å². The molecule has 0 radical (unpaired) electrons. The molecule has 4 nitrogen and oxygen atoms in total. The number of aliphatic hydroxyl groups is 2. The van der Waals surface area contributed by atoms with Crippen molar-refractivity contribution in [1.82, 2.24) is 4.98 Å². The van der Waals surface area contributed by atoms with Crippen LogP contribution in [0.25, 0.3) is 0 Å². The zero-order valence-electron chi connectivity index (χ0n) is 10.9. The summed E-state index contributed by atoms with van der Waals surface area (Å²) in [6, 6.07) is 4.49. The minimum atomic E-state index is -0.520. The summed E-state index contributed by atoms with van der Waals surface area (Å²) in [7, 11) is 0. The Kier molecular flexibility index (Phi) is 4.55. The Morgan fingerprint density at radius 3 is 2.67 bits per heavy atom. The van der Waals surface area contributed by atoms with Gasteiger partial charge in [-0.1, -0.05) is 0 Å². The summed E-state index contributed by atoms with van der Waals surface area (Å²) in [4.78, 5) is 6.63. The van der Waals surface area contributed by atoms with Gasteiger partial charge in [-0.15, -0.1) is 0 Å². The summed E-state index contributed by atoms with van der Waals surface area (Å²) in [6.07, 6.45) is 5.84. The van der Waals surface area contributed by atoms with Crippen LogP contribution in [0.5, 0.6) is 0 Å². The van der Waals surface area contributed by atoms with Crippen molar-refractivity contribution in [2.45, 2.75) is 44.8 Å². The summed E-state index contributed by atoms with van der Waals surface area (Å²) in [6.45, 7) is 2.82. The van der Waals surface area contributed by atoms with Crippen LogP contribution in [0.2, 0.25) is 0 Å². The standard InChI is InChI=1S/C14H22N2O2/c1-11(18)14-7-6-13(10-15-14)16(8-3-9-17)12-4-2-5-12/h6-7,10-12,17-18H,2-5,8-9H2,1H3/t11-/m0/s1. The van der Waals surface area contributed by atoms with Crippen molar-refractivity contribution in [1.29, 1.82) is 0 Å². The molecule has 0 amide bonds. The maximum Gasteiger partial charge on any atom is 0.0931 e. The highest BCUT2D eigenvalue weighted by atomic mass is 16.3. The summed E-state index contributed by atoms with van der Waals surface area (Å²) >= 11 is 0. The van der Waals surface area contributed by atoms with E-state index in [0.29, 0.717) is 11.7 Å². The first kappa shape index (κ1) is 13.3. The largest absolute Gasteiger partial charge is 0.396 e. The lowest BCUT2D eigenvalue weighted by molar-refractivity contribution is 0.194. The molecule has 100 valence electrons. The van der Waals surface area contributed by atoms with Gasteiger partial charge in [0.25, 0.3) is 0 Å². The fraction of sp³-hybridized carbons (Fsp3) is 0.643. The average molecular weight is 250 g/mol. The Morgan fingerprint density at radius 1 is 1.44 bits per heavy atom. The molecule has 0 bridgehead atoms. The molecule has 1 fully saturated rings. The molecule has 0 saturated heterocycles. The van der Waals surface area contributed by atoms with Crippen LogP contribution in [0.1, 0.15) is 44.4 Å². The van der Waals surface area contributed by atoms with Crippen LogP contribution < -0.4 is 4.90 Å². The number of nitrogens with zero attached hydrogens (tertiary/aromatic N) is 2. The van der Waals surface area contributed by atoms with Crippen molar-refractivity contribution >= 4 is 5.69 Å². The van der Waals surface area contributed by atoms with Gasteiger partial charge < -0.3 is 15.1 Å². The zero-order chi connectivity index (χ0) is 13.0. The third-order valence-corrected chi connectivity index (χ3v) is 3.60. The molecule has 1 aliphatic rings. The highest BCUT2D eigenvalue weighted by molar-refractivity contribution is 5.46. The number of hydrogen-bond acceptors (Lipinski definition) is 4. The fourth-order valence-corrected chi connectivity index (χ4v) is 2.28. The van der Waals surface area contributed by atoms with Crippen molar-refractivity contribution in [3.05, 3.63) is 24.0 Å². The van der Waals surface area contributed by atoms with Crippen LogP contribution in [0.15, 0.2) is 18.3 Å². The topological polar surface area (TPSA) is 56.6 Å². The van der Waals surface area contributed by atoms with E-state index >= 15 is 0 Å². The molecule has 1 aliphatic carbocycles. The normalized spacial score (nSPS) is 17.3. The smallest absolute Gasteiger partial charge is 0.0931 e. The average Bonchev–Trinajstić information content (AvgIpc) is 2.32. The monoisotopic (exact) mass is 250 g/mol. The van der Waals surface area contributed by atoms with Crippen molar-refractivity contribution in [3.63, 3.8) is 0 Å². The number of aliphatic hydroxyl groups excluding tert-OH is 2. The lowest BCUT2D eigenvalue weighted by atomic mass is 9.91. The SMILES string of the molecule is C[C@H](O)c1ccc(N(CCCO)C2CCC2)cn1. The Bertz CT molecular complexity index is 361. The maximum absolute atomic E-state index is 9.45. The third-order valence-electron chi connectivity index (χ3n) is 3.60. The lowest BCUT2D eigenvalue weighted by Crippen LogP contribution is -2.41. The first-order valence-electron chi connectivity index (χ1n) is 6.74. The molecule has 2 N–H and O–H groups in total. The van der Waals surface area contributed by atoms with E-state index in [4.69, 9.17) is 5.11 Å². The lowest BCUT2D eigenvalue weighted by Gasteiger charge is -2.39. The van der Waals surface area contributed by atoms with Crippen LogP contribution in [-0.4, -0.2) is 34.4 Å². The van der Waals surface area contributed by atoms with Gasteiger partial charge >= 0.3 is 0 Å². The van der Waals surface area contributed by atoms with E-state index in [0.717, 1.165) is 18.7 Å². The minimum absolute atomic E-state index is 0.225. The van der Waals surface area contributed by atoms with E-state index in [1.807, 2.05) is 18.3 Å². The highest BCUT2D eigenvalue weighted by Crippen LogP contribution is 2.29. The zero-order valence-corrected chi connectivity index (χ0v) is 10.9.